The topological polar surface area (TPSA) is 159 Å². The molecule has 3 aromatic carbocycles. The van der Waals surface area contributed by atoms with Crippen molar-refractivity contribution in [1.82, 2.24) is 28.9 Å². The van der Waals surface area contributed by atoms with E-state index in [9.17, 15) is 24.0 Å². The highest BCUT2D eigenvalue weighted by Gasteiger charge is 2.34. The lowest BCUT2D eigenvalue weighted by atomic mass is 9.98. The summed E-state index contributed by atoms with van der Waals surface area (Å²) in [5.74, 6) is 0.776. The second-order valence-corrected chi connectivity index (χ2v) is 15.1. The van der Waals surface area contributed by atoms with Gasteiger partial charge in [0.15, 0.2) is 0 Å². The molecule has 9 rings (SSSR count). The van der Waals surface area contributed by atoms with E-state index < -0.39 is 11.9 Å². The summed E-state index contributed by atoms with van der Waals surface area (Å²) in [5.41, 5.74) is 5.77. The first-order valence-corrected chi connectivity index (χ1v) is 19.0. The van der Waals surface area contributed by atoms with Crippen LogP contribution in [0.4, 0.5) is 5.82 Å². The van der Waals surface area contributed by atoms with E-state index in [4.69, 9.17) is 14.2 Å². The molecule has 3 aliphatic rings. The number of amides is 3. The summed E-state index contributed by atoms with van der Waals surface area (Å²) in [6, 6.07) is 16.1. The molecule has 15 nitrogen and oxygen atoms in total. The Balaban J connectivity index is 1.04. The Hall–Kier alpha value is -6.74. The molecule has 3 aromatic heterocycles. The van der Waals surface area contributed by atoms with Crippen molar-refractivity contribution >= 4 is 45.3 Å². The highest BCUT2D eigenvalue weighted by atomic mass is 16.5. The molecule has 0 spiro atoms. The van der Waals surface area contributed by atoms with Gasteiger partial charge in [-0.3, -0.25) is 33.6 Å². The van der Waals surface area contributed by atoms with Crippen LogP contribution in [0.1, 0.15) is 40.4 Å². The van der Waals surface area contributed by atoms with Crippen LogP contribution in [0.25, 0.3) is 44.1 Å². The zero-order chi connectivity index (χ0) is 40.6. The molecule has 0 saturated carbocycles. The largest absolute Gasteiger partial charge is 0.496 e. The maximum absolute atomic E-state index is 14.2. The zero-order valence-corrected chi connectivity index (χ0v) is 32.7. The third-order valence-corrected chi connectivity index (χ3v) is 11.8. The fourth-order valence-electron chi connectivity index (χ4n) is 8.57. The molecule has 0 radical (unpaired) electrons. The number of nitrogens with one attached hydrogen (secondary N) is 1. The summed E-state index contributed by atoms with van der Waals surface area (Å²) in [6.45, 7) is 1.98. The number of fused-ring (bicyclic) bond motifs is 3. The van der Waals surface area contributed by atoms with E-state index in [1.807, 2.05) is 48.5 Å². The van der Waals surface area contributed by atoms with Crippen molar-refractivity contribution in [3.63, 3.8) is 0 Å². The van der Waals surface area contributed by atoms with Crippen molar-refractivity contribution in [1.29, 1.82) is 0 Å². The second kappa shape index (κ2) is 14.0. The minimum atomic E-state index is -0.812. The average molecular weight is 784 g/mol. The first kappa shape index (κ1) is 36.9. The number of aryl methyl sites for hydroxylation is 2. The molecule has 0 bridgehead atoms. The van der Waals surface area contributed by atoms with E-state index >= 15 is 0 Å². The monoisotopic (exact) mass is 783 g/mol. The Bertz CT molecular complexity index is 2830. The summed E-state index contributed by atoms with van der Waals surface area (Å²) in [4.78, 5) is 74.1. The molecule has 3 amide bonds. The van der Waals surface area contributed by atoms with Crippen LogP contribution in [-0.2, 0) is 41.5 Å². The SMILES string of the molecule is COc1cc(-c2cn(C)c(=O)c3cnc(N4CC(OC)C4)cc23)cc(OC)c1CN1Cc2ccc(-c3cccc4c3n(C)c(=O)n4C3CCC(=O)NC3=O)cc2C1=O. The minimum Gasteiger partial charge on any atom is -0.496 e. The van der Waals surface area contributed by atoms with Gasteiger partial charge < -0.3 is 28.6 Å². The lowest BCUT2D eigenvalue weighted by Gasteiger charge is -2.39. The smallest absolute Gasteiger partial charge is 0.329 e. The number of imidazole rings is 1. The second-order valence-electron chi connectivity index (χ2n) is 15.1. The maximum Gasteiger partial charge on any atom is 0.329 e. The van der Waals surface area contributed by atoms with Crippen molar-refractivity contribution in [2.45, 2.75) is 38.1 Å². The number of methoxy groups -OCH3 is 3. The number of imide groups is 1. The van der Waals surface area contributed by atoms with Crippen LogP contribution in [0, 0.1) is 0 Å². The number of nitrogens with zero attached hydrogens (tertiary/aromatic N) is 6. The molecule has 2 saturated heterocycles. The number of hydrogen-bond donors (Lipinski definition) is 1. The summed E-state index contributed by atoms with van der Waals surface area (Å²) >= 11 is 0. The van der Waals surface area contributed by atoms with Gasteiger partial charge in [0.05, 0.1) is 48.9 Å². The van der Waals surface area contributed by atoms with Gasteiger partial charge in [-0.25, -0.2) is 9.78 Å². The number of rotatable bonds is 9. The molecule has 6 aromatic rings. The molecule has 15 heteroatoms. The van der Waals surface area contributed by atoms with Gasteiger partial charge in [-0.1, -0.05) is 24.3 Å². The lowest BCUT2D eigenvalue weighted by Crippen LogP contribution is -2.52. The number of ether oxygens (including phenoxy) is 3. The van der Waals surface area contributed by atoms with Crippen LogP contribution in [0.3, 0.4) is 0 Å². The van der Waals surface area contributed by atoms with E-state index in [0.717, 1.165) is 39.0 Å². The van der Waals surface area contributed by atoms with E-state index in [0.29, 0.717) is 58.7 Å². The Morgan fingerprint density at radius 1 is 0.845 bits per heavy atom. The highest BCUT2D eigenvalue weighted by Crippen LogP contribution is 2.40. The van der Waals surface area contributed by atoms with Crippen LogP contribution in [0.5, 0.6) is 11.5 Å². The summed E-state index contributed by atoms with van der Waals surface area (Å²) in [5, 5.41) is 3.58. The number of hydrogen-bond acceptors (Lipinski definition) is 10. The molecule has 1 N–H and O–H groups in total. The third-order valence-electron chi connectivity index (χ3n) is 11.8. The molecular formula is C43H41N7O8. The molecule has 0 aliphatic carbocycles. The number of pyridine rings is 2. The number of carbonyl (C=O) groups is 3. The first-order valence-electron chi connectivity index (χ1n) is 19.0. The van der Waals surface area contributed by atoms with Gasteiger partial charge in [0.25, 0.3) is 11.5 Å². The summed E-state index contributed by atoms with van der Waals surface area (Å²) in [6.07, 6.45) is 3.94. The van der Waals surface area contributed by atoms with Gasteiger partial charge in [-0.2, -0.15) is 0 Å². The van der Waals surface area contributed by atoms with Crippen molar-refractivity contribution in [3.8, 4) is 33.8 Å². The molecular weight excluding hydrogens is 743 g/mol. The Morgan fingerprint density at radius 2 is 1.60 bits per heavy atom. The fraction of sp³-hybridized carbons (Fsp3) is 0.302. The fourth-order valence-corrected chi connectivity index (χ4v) is 8.57. The van der Waals surface area contributed by atoms with Crippen LogP contribution >= 0.6 is 0 Å². The van der Waals surface area contributed by atoms with E-state index in [-0.39, 0.29) is 48.6 Å². The predicted octanol–water partition coefficient (Wildman–Crippen LogP) is 3.91. The Morgan fingerprint density at radius 3 is 2.31 bits per heavy atom. The van der Waals surface area contributed by atoms with Crippen LogP contribution < -0.4 is 30.9 Å². The average Bonchev–Trinajstić information content (AvgIpc) is 3.66. The molecule has 6 heterocycles. The maximum atomic E-state index is 14.2. The van der Waals surface area contributed by atoms with Gasteiger partial charge in [0.2, 0.25) is 11.8 Å². The van der Waals surface area contributed by atoms with Gasteiger partial charge >= 0.3 is 5.69 Å². The van der Waals surface area contributed by atoms with Crippen LogP contribution in [0.2, 0.25) is 0 Å². The number of benzene rings is 3. The number of piperidine rings is 1. The molecule has 296 valence electrons. The molecule has 2 fully saturated rings. The Labute approximate surface area is 332 Å². The Kier molecular flexibility index (Phi) is 8.91. The number of anilines is 1. The normalized spacial score (nSPS) is 16.9. The summed E-state index contributed by atoms with van der Waals surface area (Å²) < 4.78 is 21.9. The van der Waals surface area contributed by atoms with Crippen LogP contribution in [-0.4, -0.2) is 81.8 Å². The van der Waals surface area contributed by atoms with Gasteiger partial charge in [0.1, 0.15) is 23.4 Å². The van der Waals surface area contributed by atoms with Crippen molar-refractivity contribution < 1.29 is 28.6 Å². The number of aromatic nitrogens is 4. The van der Waals surface area contributed by atoms with Crippen molar-refractivity contribution in [2.75, 3.05) is 39.3 Å². The van der Waals surface area contributed by atoms with E-state index in [1.54, 1.807) is 63.4 Å². The molecule has 58 heavy (non-hydrogen) atoms. The standard InChI is InChI=1S/C43H41N7O8/c1-46-21-31(29-16-37(44-17-30(29)41(46)53)48-19-26(20-48)56-3)25-14-35(57-4)32(36(15-25)58-5)22-49-18-24-10-9-23(13-28(24)42(49)54)27-7-6-8-33-39(27)47(2)43(55)50(33)34-11-12-38(51)45-40(34)52/h6-10,13-17,21,26,34H,11-12,18-20,22H2,1-5H3,(H,45,51,52). The zero-order valence-electron chi connectivity index (χ0n) is 32.7. The quantitative estimate of drug-likeness (QED) is 0.213. The van der Waals surface area contributed by atoms with E-state index in [2.05, 4.69) is 15.2 Å². The van der Waals surface area contributed by atoms with Crippen molar-refractivity contribution in [2.24, 2.45) is 14.1 Å². The van der Waals surface area contributed by atoms with Gasteiger partial charge in [0, 0.05) is 81.7 Å². The minimum absolute atomic E-state index is 0.137. The predicted molar refractivity (Wildman–Crippen MR) is 216 cm³/mol. The van der Waals surface area contributed by atoms with Gasteiger partial charge in [-0.05, 0) is 53.4 Å². The lowest BCUT2D eigenvalue weighted by molar-refractivity contribution is -0.135. The van der Waals surface area contributed by atoms with Crippen molar-refractivity contribution in [3.05, 3.63) is 105 Å². The summed E-state index contributed by atoms with van der Waals surface area (Å²) in [7, 11) is 8.21. The van der Waals surface area contributed by atoms with Crippen LogP contribution in [0.15, 0.2) is 76.6 Å². The molecule has 3 aliphatic heterocycles. The van der Waals surface area contributed by atoms with Gasteiger partial charge in [-0.15, -0.1) is 0 Å². The molecule has 1 atom stereocenters. The molecule has 1 unspecified atom stereocenters. The number of carbonyl (C=O) groups excluding carboxylic acids is 3. The highest BCUT2D eigenvalue weighted by molar-refractivity contribution is 6.03. The van der Waals surface area contributed by atoms with E-state index in [1.165, 1.54) is 9.13 Å². The number of para-hydroxylation sites is 1. The first-order chi connectivity index (χ1) is 28.0. The third kappa shape index (κ3) is 5.83.